The number of hydrogen-bond acceptors (Lipinski definition) is 5. The van der Waals surface area contributed by atoms with E-state index in [1.54, 1.807) is 30.3 Å². The molecule has 1 amide bonds. The molecule has 0 fully saturated rings. The predicted molar refractivity (Wildman–Crippen MR) is 117 cm³/mol. The maximum atomic E-state index is 12.4. The highest BCUT2D eigenvalue weighted by molar-refractivity contribution is 7.99. The highest BCUT2D eigenvalue weighted by Gasteiger charge is 2.14. The Morgan fingerprint density at radius 3 is 2.38 bits per heavy atom. The number of carbonyl (C=O) groups is 1. The SMILES string of the molecule is Cc1ccc(CSCC(=O)Nc2ccc(S(=O)(=O)Nc3ccccn3)cc2)cc1. The first kappa shape index (κ1) is 20.9. The summed E-state index contributed by atoms with van der Waals surface area (Å²) in [4.78, 5) is 16.2. The Morgan fingerprint density at radius 2 is 1.72 bits per heavy atom. The molecule has 0 aliphatic carbocycles. The number of benzene rings is 2. The van der Waals surface area contributed by atoms with Crippen LogP contribution in [0.25, 0.3) is 0 Å². The third kappa shape index (κ3) is 6.33. The van der Waals surface area contributed by atoms with Gasteiger partial charge in [-0.15, -0.1) is 11.8 Å². The van der Waals surface area contributed by atoms with Crippen molar-refractivity contribution in [2.75, 3.05) is 15.8 Å². The Balaban J connectivity index is 1.51. The first-order valence-electron chi connectivity index (χ1n) is 8.89. The summed E-state index contributed by atoms with van der Waals surface area (Å²) in [5.41, 5.74) is 2.92. The van der Waals surface area contributed by atoms with Crippen LogP contribution in [0.4, 0.5) is 11.5 Å². The number of thioether (sulfide) groups is 1. The molecule has 0 unspecified atom stereocenters. The summed E-state index contributed by atoms with van der Waals surface area (Å²) >= 11 is 1.52. The molecule has 0 aliphatic rings. The number of carbonyl (C=O) groups excluding carboxylic acids is 1. The van der Waals surface area contributed by atoms with Crippen LogP contribution in [0.2, 0.25) is 0 Å². The van der Waals surface area contributed by atoms with Gasteiger partial charge in [-0.3, -0.25) is 9.52 Å². The van der Waals surface area contributed by atoms with Gasteiger partial charge in [0.2, 0.25) is 5.91 Å². The van der Waals surface area contributed by atoms with Crippen molar-refractivity contribution in [2.45, 2.75) is 17.6 Å². The maximum Gasteiger partial charge on any atom is 0.263 e. The molecule has 0 bridgehead atoms. The molecule has 0 aliphatic heterocycles. The van der Waals surface area contributed by atoms with Crippen LogP contribution in [0.1, 0.15) is 11.1 Å². The van der Waals surface area contributed by atoms with E-state index in [4.69, 9.17) is 0 Å². The Bertz CT molecular complexity index is 1050. The number of hydrogen-bond donors (Lipinski definition) is 2. The quantitative estimate of drug-likeness (QED) is 0.566. The minimum absolute atomic E-state index is 0.0925. The molecule has 29 heavy (non-hydrogen) atoms. The van der Waals surface area contributed by atoms with Crippen LogP contribution in [-0.4, -0.2) is 25.1 Å². The van der Waals surface area contributed by atoms with Gasteiger partial charge >= 0.3 is 0 Å². The third-order valence-electron chi connectivity index (χ3n) is 3.97. The second kappa shape index (κ2) is 9.58. The molecule has 0 radical (unpaired) electrons. The second-order valence-corrected chi connectivity index (χ2v) is 9.04. The van der Waals surface area contributed by atoms with Crippen LogP contribution < -0.4 is 10.0 Å². The lowest BCUT2D eigenvalue weighted by Gasteiger charge is -2.09. The smallest absolute Gasteiger partial charge is 0.263 e. The Labute approximate surface area is 174 Å². The van der Waals surface area contributed by atoms with Crippen molar-refractivity contribution in [1.29, 1.82) is 0 Å². The molecule has 6 nitrogen and oxygen atoms in total. The first-order valence-corrected chi connectivity index (χ1v) is 11.5. The Hall–Kier alpha value is -2.84. The molecule has 1 heterocycles. The van der Waals surface area contributed by atoms with Crippen molar-refractivity contribution in [3.05, 3.63) is 84.1 Å². The van der Waals surface area contributed by atoms with Gasteiger partial charge in [0.25, 0.3) is 10.0 Å². The minimum atomic E-state index is -3.74. The molecule has 0 saturated carbocycles. The summed E-state index contributed by atoms with van der Waals surface area (Å²) < 4.78 is 27.2. The first-order chi connectivity index (χ1) is 13.9. The zero-order valence-corrected chi connectivity index (χ0v) is 17.5. The van der Waals surface area contributed by atoms with Gasteiger partial charge in [-0.2, -0.15) is 0 Å². The van der Waals surface area contributed by atoms with Gasteiger partial charge < -0.3 is 5.32 Å². The van der Waals surface area contributed by atoms with E-state index in [0.29, 0.717) is 11.4 Å². The topological polar surface area (TPSA) is 88.2 Å². The highest BCUT2D eigenvalue weighted by atomic mass is 32.2. The maximum absolute atomic E-state index is 12.4. The fourth-order valence-corrected chi connectivity index (χ4v) is 4.28. The van der Waals surface area contributed by atoms with Crippen molar-refractivity contribution < 1.29 is 13.2 Å². The number of pyridine rings is 1. The molecular weight excluding hydrogens is 406 g/mol. The van der Waals surface area contributed by atoms with E-state index in [2.05, 4.69) is 27.2 Å². The monoisotopic (exact) mass is 427 g/mol. The van der Waals surface area contributed by atoms with Crippen molar-refractivity contribution in [1.82, 2.24) is 4.98 Å². The average Bonchev–Trinajstić information content (AvgIpc) is 2.70. The molecule has 1 aromatic heterocycles. The lowest BCUT2D eigenvalue weighted by Crippen LogP contribution is -2.15. The van der Waals surface area contributed by atoms with Crippen LogP contribution in [0.5, 0.6) is 0 Å². The van der Waals surface area contributed by atoms with Crippen LogP contribution in [0.15, 0.2) is 77.8 Å². The molecule has 3 aromatic rings. The number of rotatable bonds is 8. The lowest BCUT2D eigenvalue weighted by molar-refractivity contribution is -0.113. The second-order valence-electron chi connectivity index (χ2n) is 6.37. The van der Waals surface area contributed by atoms with Gasteiger partial charge in [0, 0.05) is 17.6 Å². The van der Waals surface area contributed by atoms with E-state index in [1.807, 2.05) is 19.1 Å². The summed E-state index contributed by atoms with van der Waals surface area (Å²) in [6.07, 6.45) is 1.51. The van der Waals surface area contributed by atoms with Gasteiger partial charge in [0.05, 0.1) is 10.6 Å². The van der Waals surface area contributed by atoms with Crippen molar-refractivity contribution in [3.8, 4) is 0 Å². The van der Waals surface area contributed by atoms with Crippen molar-refractivity contribution in [3.63, 3.8) is 0 Å². The number of aryl methyl sites for hydroxylation is 1. The highest BCUT2D eigenvalue weighted by Crippen LogP contribution is 2.18. The lowest BCUT2D eigenvalue weighted by atomic mass is 10.2. The fourth-order valence-electron chi connectivity index (χ4n) is 2.48. The Kier molecular flexibility index (Phi) is 6.90. The van der Waals surface area contributed by atoms with E-state index in [0.717, 1.165) is 5.75 Å². The number of anilines is 2. The van der Waals surface area contributed by atoms with Crippen molar-refractivity contribution in [2.24, 2.45) is 0 Å². The minimum Gasteiger partial charge on any atom is -0.325 e. The van der Waals surface area contributed by atoms with Gasteiger partial charge in [-0.05, 0) is 48.9 Å². The van der Waals surface area contributed by atoms with Crippen LogP contribution in [-0.2, 0) is 20.6 Å². The summed E-state index contributed by atoms with van der Waals surface area (Å²) in [6, 6.07) is 19.2. The summed E-state index contributed by atoms with van der Waals surface area (Å²) in [5, 5.41) is 2.78. The normalized spacial score (nSPS) is 11.1. The zero-order valence-electron chi connectivity index (χ0n) is 15.8. The van der Waals surface area contributed by atoms with Gasteiger partial charge in [-0.25, -0.2) is 13.4 Å². The van der Waals surface area contributed by atoms with E-state index >= 15 is 0 Å². The van der Waals surface area contributed by atoms with E-state index in [-0.39, 0.29) is 16.6 Å². The molecule has 2 aromatic carbocycles. The summed E-state index contributed by atoms with van der Waals surface area (Å²) in [5.74, 6) is 1.18. The predicted octanol–water partition coefficient (Wildman–Crippen LogP) is 4.06. The number of amides is 1. The molecule has 0 spiro atoms. The van der Waals surface area contributed by atoms with Gasteiger partial charge in [0.1, 0.15) is 5.82 Å². The average molecular weight is 428 g/mol. The number of nitrogens with one attached hydrogen (secondary N) is 2. The van der Waals surface area contributed by atoms with E-state index in [1.165, 1.54) is 41.2 Å². The van der Waals surface area contributed by atoms with Gasteiger partial charge in [0.15, 0.2) is 0 Å². The molecule has 0 saturated heterocycles. The van der Waals surface area contributed by atoms with Crippen LogP contribution in [0.3, 0.4) is 0 Å². The number of aromatic nitrogens is 1. The fraction of sp³-hybridized carbons (Fsp3) is 0.143. The number of sulfonamides is 1. The van der Waals surface area contributed by atoms with Gasteiger partial charge in [-0.1, -0.05) is 35.9 Å². The summed E-state index contributed by atoms with van der Waals surface area (Å²) in [6.45, 7) is 2.04. The molecule has 3 rings (SSSR count). The number of nitrogens with zero attached hydrogens (tertiary/aromatic N) is 1. The molecule has 0 atom stereocenters. The largest absolute Gasteiger partial charge is 0.325 e. The van der Waals surface area contributed by atoms with E-state index in [9.17, 15) is 13.2 Å². The van der Waals surface area contributed by atoms with Crippen molar-refractivity contribution >= 4 is 39.2 Å². The molecular formula is C21H21N3O3S2. The summed E-state index contributed by atoms with van der Waals surface area (Å²) in [7, 11) is -3.74. The zero-order chi connectivity index (χ0) is 20.7. The van der Waals surface area contributed by atoms with E-state index < -0.39 is 10.0 Å². The molecule has 8 heteroatoms. The third-order valence-corrected chi connectivity index (χ3v) is 6.35. The molecule has 2 N–H and O–H groups in total. The Morgan fingerprint density at radius 1 is 1.00 bits per heavy atom. The van der Waals surface area contributed by atoms with Crippen LogP contribution in [0, 0.1) is 6.92 Å². The van der Waals surface area contributed by atoms with Crippen LogP contribution >= 0.6 is 11.8 Å². The standard InChI is InChI=1S/C21H21N3O3S2/c1-16-5-7-17(8-6-16)14-28-15-21(25)23-18-9-11-19(12-10-18)29(26,27)24-20-4-2-3-13-22-20/h2-13H,14-15H2,1H3,(H,22,24)(H,23,25). The molecule has 150 valence electrons.